The third-order valence-corrected chi connectivity index (χ3v) is 3.93. The molecule has 0 radical (unpaired) electrons. The van der Waals surface area contributed by atoms with Crippen LogP contribution in [0.2, 0.25) is 0 Å². The minimum Gasteiger partial charge on any atom is -0.601 e. The predicted octanol–water partition coefficient (Wildman–Crippen LogP) is -3.36. The van der Waals surface area contributed by atoms with E-state index >= 15 is 0 Å². The molecule has 0 N–H and O–H groups in total. The van der Waals surface area contributed by atoms with Crippen LogP contribution in [0.4, 0.5) is 0 Å². The average molecular weight is 498 g/mol. The molecule has 0 aliphatic rings. The van der Waals surface area contributed by atoms with Crippen LogP contribution in [0.15, 0.2) is 30.3 Å². The molecule has 0 spiro atoms. The van der Waals surface area contributed by atoms with Crippen LogP contribution in [0, 0.1) is 0 Å². The minimum atomic E-state index is -1.83. The summed E-state index contributed by atoms with van der Waals surface area (Å²) in [7, 11) is 0. The van der Waals surface area contributed by atoms with Gasteiger partial charge in [0, 0.05) is 12.6 Å². The van der Waals surface area contributed by atoms with Gasteiger partial charge in [0.2, 0.25) is 0 Å². The van der Waals surface area contributed by atoms with Gasteiger partial charge in [-0.1, -0.05) is 30.3 Å². The summed E-state index contributed by atoms with van der Waals surface area (Å²) in [5.74, 6) is 0. The monoisotopic (exact) mass is 498 g/mol. The van der Waals surface area contributed by atoms with Crippen LogP contribution in [-0.4, -0.2) is 6.16 Å². The van der Waals surface area contributed by atoms with E-state index in [1.807, 2.05) is 18.2 Å². The fraction of sp³-hybridized carbons (Fsp3) is 0.250. The summed E-state index contributed by atoms with van der Waals surface area (Å²) in [6.07, 6.45) is 1.75. The van der Waals surface area contributed by atoms with Crippen molar-refractivity contribution in [1.29, 1.82) is 0 Å². The summed E-state index contributed by atoms with van der Waals surface area (Å²) < 4.78 is 0. The molecular weight excluding hydrogens is 489 g/mol. The molecular formula is C8H9Cs2PS3. The topological polar surface area (TPSA) is 0 Å². The summed E-state index contributed by atoms with van der Waals surface area (Å²) in [6.45, 7) is 0. The average Bonchev–Trinajstić information content (AvgIpc) is 2.02. The summed E-state index contributed by atoms with van der Waals surface area (Å²) in [6, 6.07) is 10.2. The molecule has 1 rings (SSSR count). The van der Waals surface area contributed by atoms with Crippen molar-refractivity contribution in [3.8, 4) is 0 Å². The van der Waals surface area contributed by atoms with Crippen molar-refractivity contribution in [2.75, 3.05) is 6.16 Å². The Balaban J connectivity index is 0. The Hall–Kier alpha value is 4.80. The number of hydrogen-bond acceptors (Lipinski definition) is 3. The zero-order valence-corrected chi connectivity index (χ0v) is 24.4. The molecule has 0 aliphatic heterocycles. The third kappa shape index (κ3) is 11.9. The Morgan fingerprint density at radius 2 is 1.43 bits per heavy atom. The van der Waals surface area contributed by atoms with E-state index in [9.17, 15) is 0 Å². The second-order valence-corrected chi connectivity index (χ2v) is 11.9. The van der Waals surface area contributed by atoms with Crippen LogP contribution >= 0.6 is 4.87 Å². The molecule has 0 aliphatic carbocycles. The predicted molar refractivity (Wildman–Crippen MR) is 64.0 cm³/mol. The summed E-state index contributed by atoms with van der Waals surface area (Å²) >= 11 is 15.1. The fourth-order valence-corrected chi connectivity index (χ4v) is 2.26. The molecule has 0 amide bonds. The number of rotatable bonds is 3. The van der Waals surface area contributed by atoms with Gasteiger partial charge in [0.05, 0.1) is 0 Å². The number of hydrogen-bond donors (Lipinski definition) is 0. The molecule has 14 heavy (non-hydrogen) atoms. The van der Waals surface area contributed by atoms with Gasteiger partial charge in [-0.05, 0) is 5.56 Å². The van der Waals surface area contributed by atoms with E-state index in [0.29, 0.717) is 0 Å². The molecule has 1 aromatic carbocycles. The first-order valence-corrected chi connectivity index (χ1v) is 8.64. The van der Waals surface area contributed by atoms with Gasteiger partial charge in [0.15, 0.2) is 0 Å². The van der Waals surface area contributed by atoms with E-state index in [1.54, 1.807) is 0 Å². The molecule has 0 bridgehead atoms. The van der Waals surface area contributed by atoms with Gasteiger partial charge in [-0.3, -0.25) is 0 Å². The maximum Gasteiger partial charge on any atom is 1.00 e. The van der Waals surface area contributed by atoms with Crippen molar-refractivity contribution in [3.05, 3.63) is 35.9 Å². The van der Waals surface area contributed by atoms with Crippen molar-refractivity contribution >= 4 is 41.6 Å². The van der Waals surface area contributed by atoms with E-state index in [4.69, 9.17) is 36.7 Å². The second-order valence-electron chi connectivity index (χ2n) is 2.57. The maximum absolute atomic E-state index is 5.02. The Morgan fingerprint density at radius 3 is 1.86 bits per heavy atom. The summed E-state index contributed by atoms with van der Waals surface area (Å²) in [5.41, 5.74) is 1.28. The smallest absolute Gasteiger partial charge is 0.601 e. The molecule has 66 valence electrons. The molecule has 1 aromatic rings. The zero-order valence-electron chi connectivity index (χ0n) is 8.47. The van der Waals surface area contributed by atoms with Crippen molar-refractivity contribution in [1.82, 2.24) is 0 Å². The van der Waals surface area contributed by atoms with Crippen molar-refractivity contribution in [2.24, 2.45) is 0 Å². The van der Waals surface area contributed by atoms with Gasteiger partial charge in [0.25, 0.3) is 0 Å². The number of benzene rings is 1. The Labute approximate surface area is 221 Å². The largest absolute Gasteiger partial charge is 1.00 e. The first kappa shape index (κ1) is 21.1. The van der Waals surface area contributed by atoms with Gasteiger partial charge in [-0.2, -0.15) is 0 Å². The van der Waals surface area contributed by atoms with E-state index < -0.39 is 4.87 Å². The Bertz CT molecular complexity index is 238. The molecule has 0 nitrogen and oxygen atoms in total. The van der Waals surface area contributed by atoms with Crippen molar-refractivity contribution in [3.63, 3.8) is 0 Å². The van der Waals surface area contributed by atoms with Crippen LogP contribution in [0.1, 0.15) is 5.56 Å². The van der Waals surface area contributed by atoms with Crippen LogP contribution in [0.25, 0.3) is 0 Å². The molecule has 6 heteroatoms. The molecule has 0 unspecified atom stereocenters. The zero-order chi connectivity index (χ0) is 9.03. The van der Waals surface area contributed by atoms with Crippen molar-refractivity contribution in [2.45, 2.75) is 6.42 Å². The van der Waals surface area contributed by atoms with Gasteiger partial charge >= 0.3 is 138 Å². The third-order valence-electron chi connectivity index (χ3n) is 1.52. The standard InChI is InChI=1S/C8H11PS3.2Cs/c10-9(11,12)7-6-8-4-2-1-3-5-8;;/h1-5H,6-7H2,(H2,10,11,12);;/q;2*+1/p-2. The molecule has 0 heterocycles. The molecule has 0 fully saturated rings. The van der Waals surface area contributed by atoms with Gasteiger partial charge in [-0.15, -0.1) is 0 Å². The van der Waals surface area contributed by atoms with Gasteiger partial charge < -0.3 is 41.6 Å². The van der Waals surface area contributed by atoms with E-state index in [2.05, 4.69) is 12.1 Å². The van der Waals surface area contributed by atoms with Crippen molar-refractivity contribution < 1.29 is 138 Å². The van der Waals surface area contributed by atoms with Crippen LogP contribution in [0.5, 0.6) is 0 Å². The second kappa shape index (κ2) is 11.6. The molecule has 0 saturated heterocycles. The SMILES string of the molecule is [Cs+].[Cs+].[S-][P+]([S-])([S-])CCc1ccccc1. The molecule has 0 aromatic heterocycles. The van der Waals surface area contributed by atoms with E-state index in [-0.39, 0.29) is 138 Å². The Kier molecular flexibility index (Phi) is 17.5. The van der Waals surface area contributed by atoms with E-state index in [0.717, 1.165) is 12.6 Å². The normalized spacial score (nSPS) is 9.93. The molecule has 0 atom stereocenters. The first-order valence-electron chi connectivity index (χ1n) is 3.63. The summed E-state index contributed by atoms with van der Waals surface area (Å²) in [4.78, 5) is -1.83. The maximum atomic E-state index is 5.02. The quantitative estimate of drug-likeness (QED) is 0.316. The number of aryl methyl sites for hydroxylation is 1. The summed E-state index contributed by atoms with van der Waals surface area (Å²) in [5, 5.41) is 0. The molecule has 0 saturated carbocycles. The van der Waals surface area contributed by atoms with Gasteiger partial charge in [-0.25, -0.2) is 0 Å². The van der Waals surface area contributed by atoms with Crippen LogP contribution in [0.3, 0.4) is 0 Å². The van der Waals surface area contributed by atoms with Crippen LogP contribution in [-0.2, 0) is 43.2 Å². The fourth-order valence-electron chi connectivity index (χ4n) is 0.911. The minimum absolute atomic E-state index is 0. The Morgan fingerprint density at radius 1 is 0.929 bits per heavy atom. The first-order chi connectivity index (χ1) is 5.58. The van der Waals surface area contributed by atoms with Gasteiger partial charge in [0.1, 0.15) is 0 Å². The van der Waals surface area contributed by atoms with E-state index in [1.165, 1.54) is 5.56 Å². The van der Waals surface area contributed by atoms with Crippen LogP contribution < -0.4 is 138 Å².